The molecule has 0 aromatic rings. The fourth-order valence-electron chi connectivity index (χ4n) is 5.77. The third-order valence-electron chi connectivity index (χ3n) is 9.44. The molecule has 4 N–H and O–H groups in total. The van der Waals surface area contributed by atoms with Gasteiger partial charge in [0.1, 0.15) is 0 Å². The minimum Gasteiger partial charge on any atom is -0.396 e. The van der Waals surface area contributed by atoms with E-state index in [9.17, 15) is 0 Å². The van der Waals surface area contributed by atoms with Gasteiger partial charge in [0, 0.05) is 48.1 Å². The smallest absolute Gasteiger partial charge is 0.261 e. The van der Waals surface area contributed by atoms with E-state index >= 15 is 0 Å². The molecule has 0 atom stereocenters. The summed E-state index contributed by atoms with van der Waals surface area (Å²) in [5.41, 5.74) is 0. The average Bonchev–Trinajstić information content (AvgIpc) is 3.13. The van der Waals surface area contributed by atoms with Crippen molar-refractivity contribution >= 4 is 14.1 Å². The Hall–Kier alpha value is 1.09. The minimum absolute atomic E-state index is 0. The molecule has 0 amide bonds. The van der Waals surface area contributed by atoms with Crippen LogP contribution < -0.4 is 0 Å². The Labute approximate surface area is 350 Å². The molecule has 0 saturated carbocycles. The maximum Gasteiger partial charge on any atom is 0.261 e. The molecule has 0 fully saturated rings. The van der Waals surface area contributed by atoms with Crippen molar-refractivity contribution in [3.8, 4) is 0 Å². The molecule has 0 bridgehead atoms. The van der Waals surface area contributed by atoms with Crippen LogP contribution in [0, 0.1) is 0 Å². The van der Waals surface area contributed by atoms with Gasteiger partial charge in [-0.1, -0.05) is 244 Å². The largest absolute Gasteiger partial charge is 0.396 e. The summed E-state index contributed by atoms with van der Waals surface area (Å²) in [4.78, 5) is 0. The molecule has 0 saturated heterocycles. The maximum absolute atomic E-state index is 8.07. The van der Waals surface area contributed by atoms with Crippen molar-refractivity contribution in [1.82, 2.24) is 0 Å². The molecule has 0 radical (unpaired) electrons. The first-order chi connectivity index (χ1) is 25.0. The van der Waals surface area contributed by atoms with E-state index in [4.69, 9.17) is 20.4 Å². The zero-order valence-electron chi connectivity index (χ0n) is 37.4. The van der Waals surface area contributed by atoms with Gasteiger partial charge >= 0.3 is 0 Å². The number of hydrogen-bond acceptors (Lipinski definition) is 4. The molecule has 0 aromatic heterocycles. The first kappa shape index (κ1) is 65.0. The first-order valence-electron chi connectivity index (χ1n) is 23.4. The summed E-state index contributed by atoms with van der Waals surface area (Å²) >= 11 is -0.444. The van der Waals surface area contributed by atoms with Gasteiger partial charge in [0.25, 0.3) is 14.1 Å². The molecule has 318 valence electrons. The first-order valence-corrected chi connectivity index (χ1v) is 25.9. The number of hydrogen-bond donors (Lipinski definition) is 4. The fourth-order valence-corrected chi connectivity index (χ4v) is 9.23. The van der Waals surface area contributed by atoms with E-state index in [2.05, 4.69) is 48.5 Å². The Morgan fingerprint density at radius 1 is 0.231 bits per heavy atom. The standard InChI is InChI=1S/3C10H21.4C4H10O.Al.Ti/c3*1-3-5-7-9-10-8-6-4-2;4*1-2-3-4-5;;/h3*1,3-10H2,2H3;4*5H,2-4H2,1H3;;. The Bertz CT molecular complexity index is 408. The Kier molecular flexibility index (Phi) is 91.5. The molecule has 0 unspecified atom stereocenters. The van der Waals surface area contributed by atoms with E-state index in [1.807, 2.05) is 0 Å². The van der Waals surface area contributed by atoms with E-state index in [1.54, 1.807) is 35.1 Å². The van der Waals surface area contributed by atoms with Crippen LogP contribution >= 0.6 is 0 Å². The summed E-state index contributed by atoms with van der Waals surface area (Å²) in [5.74, 6) is 0. The molecule has 6 heteroatoms. The van der Waals surface area contributed by atoms with Crippen molar-refractivity contribution in [2.45, 2.75) is 270 Å². The molecule has 0 spiro atoms. The van der Waals surface area contributed by atoms with Crippen molar-refractivity contribution in [3.63, 3.8) is 0 Å². The number of aliphatic hydroxyl groups is 4. The summed E-state index contributed by atoms with van der Waals surface area (Å²) in [6.07, 6.45) is 43.9. The van der Waals surface area contributed by atoms with Crippen LogP contribution in [0.4, 0.5) is 0 Å². The molecule has 0 heterocycles. The fraction of sp³-hybridized carbons (Fsp3) is 1.00. The predicted molar refractivity (Wildman–Crippen MR) is 236 cm³/mol. The molecule has 0 aliphatic heterocycles. The summed E-state index contributed by atoms with van der Waals surface area (Å²) in [6.45, 7) is 16.6. The summed E-state index contributed by atoms with van der Waals surface area (Å²) in [7, 11) is 0. The zero-order valence-corrected chi connectivity index (χ0v) is 40.2. The summed E-state index contributed by atoms with van der Waals surface area (Å²) in [5, 5.41) is 37.3. The van der Waals surface area contributed by atoms with Gasteiger partial charge in [0.05, 0.1) is 0 Å². The van der Waals surface area contributed by atoms with Gasteiger partial charge in [0.15, 0.2) is 0 Å². The Morgan fingerprint density at radius 2 is 0.385 bits per heavy atom. The van der Waals surface area contributed by atoms with Gasteiger partial charge in [-0.2, -0.15) is 0 Å². The van der Waals surface area contributed by atoms with Gasteiger partial charge in [-0.05, 0) is 25.7 Å². The second-order valence-electron chi connectivity index (χ2n) is 15.0. The van der Waals surface area contributed by atoms with Crippen LogP contribution in [-0.2, 0) is 21.7 Å². The van der Waals surface area contributed by atoms with Crippen molar-refractivity contribution in [1.29, 1.82) is 0 Å². The van der Waals surface area contributed by atoms with E-state index in [0.717, 1.165) is 51.4 Å². The monoisotopic (exact) mass is 795 g/mol. The SMILES string of the molecule is CCCCCCCCC[CH2][Al]([CH2]CCCCCCCCC)[CH2]CCCCCCCCC.CCCCO.CCCCO.CCCCO.CCCCO.[Ti]. The predicted octanol–water partition coefficient (Wildman–Crippen LogP) is 15.0. The summed E-state index contributed by atoms with van der Waals surface area (Å²) in [6, 6.07) is 0. The molecule has 4 nitrogen and oxygen atoms in total. The van der Waals surface area contributed by atoms with Crippen molar-refractivity contribution in [3.05, 3.63) is 0 Å². The molecule has 0 aliphatic rings. The number of aliphatic hydroxyl groups excluding tert-OH is 4. The van der Waals surface area contributed by atoms with Crippen molar-refractivity contribution in [2.24, 2.45) is 0 Å². The van der Waals surface area contributed by atoms with Crippen LogP contribution in [0.1, 0.15) is 254 Å². The van der Waals surface area contributed by atoms with Crippen molar-refractivity contribution in [2.75, 3.05) is 26.4 Å². The molecular weight excluding hydrogens is 691 g/mol. The topological polar surface area (TPSA) is 80.9 Å². The molecule has 52 heavy (non-hydrogen) atoms. The van der Waals surface area contributed by atoms with Gasteiger partial charge < -0.3 is 20.4 Å². The summed E-state index contributed by atoms with van der Waals surface area (Å²) < 4.78 is 0. The third-order valence-corrected chi connectivity index (χ3v) is 13.1. The van der Waals surface area contributed by atoms with Crippen LogP contribution in [-0.4, -0.2) is 61.0 Å². The minimum atomic E-state index is -0.444. The van der Waals surface area contributed by atoms with E-state index < -0.39 is 14.1 Å². The second kappa shape index (κ2) is 73.2. The average molecular weight is 795 g/mol. The molecule has 0 aromatic carbocycles. The van der Waals surface area contributed by atoms with E-state index in [-0.39, 0.29) is 21.7 Å². The van der Waals surface area contributed by atoms with Gasteiger partial charge in [-0.15, -0.1) is 0 Å². The zero-order chi connectivity index (χ0) is 39.2. The van der Waals surface area contributed by atoms with Crippen LogP contribution in [0.15, 0.2) is 0 Å². The van der Waals surface area contributed by atoms with Crippen LogP contribution in [0.5, 0.6) is 0 Å². The van der Waals surface area contributed by atoms with Crippen LogP contribution in [0.2, 0.25) is 15.8 Å². The number of unbranched alkanes of at least 4 members (excludes halogenated alkanes) is 25. The molecule has 0 aliphatic carbocycles. The van der Waals surface area contributed by atoms with E-state index in [1.165, 1.54) is 135 Å². The van der Waals surface area contributed by atoms with E-state index in [0.29, 0.717) is 26.4 Å². The maximum atomic E-state index is 8.07. The Morgan fingerprint density at radius 3 is 0.519 bits per heavy atom. The van der Waals surface area contributed by atoms with Crippen molar-refractivity contribution < 1.29 is 42.1 Å². The molecular formula is C46H103AlO4Ti. The van der Waals surface area contributed by atoms with Gasteiger partial charge in [0.2, 0.25) is 0 Å². The second-order valence-corrected chi connectivity index (χ2v) is 18.4. The van der Waals surface area contributed by atoms with Gasteiger partial charge in [-0.25, -0.2) is 0 Å². The quantitative estimate of drug-likeness (QED) is 0.0380. The van der Waals surface area contributed by atoms with Gasteiger partial charge in [-0.3, -0.25) is 0 Å². The Balaban J connectivity index is -0.000000203. The van der Waals surface area contributed by atoms with Crippen LogP contribution in [0.3, 0.4) is 0 Å². The molecule has 0 rings (SSSR count). The number of rotatable bonds is 35. The van der Waals surface area contributed by atoms with Crippen LogP contribution in [0.25, 0.3) is 0 Å². The third kappa shape index (κ3) is 83.9. The normalized spacial score (nSPS) is 9.98.